The molecule has 3 nitrogen and oxygen atoms in total. The van der Waals surface area contributed by atoms with Crippen LogP contribution >= 0.6 is 0 Å². The van der Waals surface area contributed by atoms with E-state index in [1.54, 1.807) is 12.7 Å². The first-order valence-electron chi connectivity index (χ1n) is 10.7. The number of hydrogen-bond acceptors (Lipinski definition) is 3. The van der Waals surface area contributed by atoms with E-state index in [2.05, 4.69) is 106 Å². The second-order valence-electron chi connectivity index (χ2n) is 8.11. The van der Waals surface area contributed by atoms with Gasteiger partial charge in [-0.1, -0.05) is 84.9 Å². The van der Waals surface area contributed by atoms with Gasteiger partial charge < -0.3 is 0 Å². The summed E-state index contributed by atoms with van der Waals surface area (Å²) in [5, 5.41) is 12.7. The molecule has 1 aromatic heterocycles. The van der Waals surface area contributed by atoms with Gasteiger partial charge >= 0.3 is 0 Å². The van der Waals surface area contributed by atoms with E-state index in [9.17, 15) is 0 Å². The molecule has 7 rings (SSSR count). The van der Waals surface area contributed by atoms with Crippen molar-refractivity contribution in [2.24, 2.45) is 0 Å². The Kier molecular flexibility index (Phi) is 3.55. The Labute approximate surface area is 184 Å². The Hall–Kier alpha value is -4.37. The normalized spacial score (nSPS) is 11.8. The minimum atomic E-state index is 0.688. The highest BCUT2D eigenvalue weighted by Crippen LogP contribution is 2.44. The van der Waals surface area contributed by atoms with Crippen molar-refractivity contribution in [1.82, 2.24) is 15.0 Å². The number of nitrogens with zero attached hydrogens (tertiary/aromatic N) is 3. The average molecular weight is 407 g/mol. The van der Waals surface area contributed by atoms with E-state index in [1.807, 2.05) is 0 Å². The lowest BCUT2D eigenvalue weighted by Crippen LogP contribution is -1.91. The zero-order chi connectivity index (χ0) is 21.1. The Balaban J connectivity index is 1.82. The van der Waals surface area contributed by atoms with Crippen LogP contribution < -0.4 is 0 Å². The second-order valence-corrected chi connectivity index (χ2v) is 8.11. The summed E-state index contributed by atoms with van der Waals surface area (Å²) in [4.78, 5) is 12.8. The summed E-state index contributed by atoms with van der Waals surface area (Å²) in [5.74, 6) is 0.688. The van der Waals surface area contributed by atoms with E-state index in [0.29, 0.717) is 5.82 Å². The van der Waals surface area contributed by atoms with Gasteiger partial charge in [-0.05, 0) is 59.9 Å². The topological polar surface area (TPSA) is 38.7 Å². The predicted molar refractivity (Wildman–Crippen MR) is 133 cm³/mol. The maximum absolute atomic E-state index is 4.39. The summed E-state index contributed by atoms with van der Waals surface area (Å²) in [6.45, 7) is 0. The standard InChI is InChI=1S/C29H17N3/c1-4-10-23-19(7-1)20-8-2-6-12-25(20)28-26-15-18(29-31-16-30-17-32-29)13-14-22(26)21-9-3-5-11-24(21)27(23)28/h1-17H. The van der Waals surface area contributed by atoms with Crippen molar-refractivity contribution in [3.63, 3.8) is 0 Å². The van der Waals surface area contributed by atoms with Crippen LogP contribution in [-0.4, -0.2) is 15.0 Å². The van der Waals surface area contributed by atoms with Crippen molar-refractivity contribution in [3.05, 3.63) is 104 Å². The predicted octanol–water partition coefficient (Wildman–Crippen LogP) is 7.30. The summed E-state index contributed by atoms with van der Waals surface area (Å²) in [6, 6.07) is 32.8. The van der Waals surface area contributed by atoms with Gasteiger partial charge in [0.2, 0.25) is 0 Å². The van der Waals surface area contributed by atoms with Crippen molar-refractivity contribution in [3.8, 4) is 11.4 Å². The number of aromatic nitrogens is 3. The van der Waals surface area contributed by atoms with Gasteiger partial charge in [-0.3, -0.25) is 0 Å². The molecule has 0 saturated heterocycles. The highest BCUT2D eigenvalue weighted by Gasteiger charge is 2.16. The number of rotatable bonds is 1. The van der Waals surface area contributed by atoms with E-state index >= 15 is 0 Å². The fraction of sp³-hybridized carbons (Fsp3) is 0. The van der Waals surface area contributed by atoms with Crippen LogP contribution in [0.2, 0.25) is 0 Å². The van der Waals surface area contributed by atoms with Gasteiger partial charge in [0.15, 0.2) is 5.82 Å². The highest BCUT2D eigenvalue weighted by molar-refractivity contribution is 6.39. The van der Waals surface area contributed by atoms with Crippen molar-refractivity contribution in [1.29, 1.82) is 0 Å². The Morgan fingerprint density at radius 3 is 1.38 bits per heavy atom. The van der Waals surface area contributed by atoms with Crippen molar-refractivity contribution < 1.29 is 0 Å². The molecule has 0 N–H and O–H groups in total. The van der Waals surface area contributed by atoms with Gasteiger partial charge in [0, 0.05) is 5.56 Å². The zero-order valence-electron chi connectivity index (χ0n) is 17.2. The third-order valence-electron chi connectivity index (χ3n) is 6.46. The van der Waals surface area contributed by atoms with Crippen molar-refractivity contribution in [2.45, 2.75) is 0 Å². The average Bonchev–Trinajstić information content (AvgIpc) is 2.88. The molecule has 0 atom stereocenters. The maximum atomic E-state index is 4.39. The number of hydrogen-bond donors (Lipinski definition) is 0. The summed E-state index contributed by atoms with van der Waals surface area (Å²) in [6.07, 6.45) is 3.10. The molecule has 0 spiro atoms. The third kappa shape index (κ3) is 2.33. The Morgan fingerprint density at radius 2 is 0.844 bits per heavy atom. The van der Waals surface area contributed by atoms with Crippen molar-refractivity contribution in [2.75, 3.05) is 0 Å². The first-order valence-corrected chi connectivity index (χ1v) is 10.7. The lowest BCUT2D eigenvalue weighted by atomic mass is 9.87. The van der Waals surface area contributed by atoms with E-state index < -0.39 is 0 Å². The van der Waals surface area contributed by atoms with E-state index in [1.165, 1.54) is 53.9 Å². The molecule has 7 aromatic rings. The van der Waals surface area contributed by atoms with Crippen LogP contribution in [0.4, 0.5) is 0 Å². The highest BCUT2D eigenvalue weighted by atomic mass is 15.0. The molecule has 0 aliphatic carbocycles. The van der Waals surface area contributed by atoms with Gasteiger partial charge in [0.05, 0.1) is 0 Å². The smallest absolute Gasteiger partial charge is 0.162 e. The van der Waals surface area contributed by atoms with Gasteiger partial charge in [0.25, 0.3) is 0 Å². The molecule has 0 unspecified atom stereocenters. The summed E-state index contributed by atoms with van der Waals surface area (Å²) < 4.78 is 0. The number of benzene rings is 6. The lowest BCUT2D eigenvalue weighted by Gasteiger charge is -2.16. The Morgan fingerprint density at radius 1 is 0.406 bits per heavy atom. The molecule has 32 heavy (non-hydrogen) atoms. The van der Waals surface area contributed by atoms with E-state index in [-0.39, 0.29) is 0 Å². The minimum Gasteiger partial charge on any atom is -0.225 e. The van der Waals surface area contributed by atoms with Gasteiger partial charge in [-0.2, -0.15) is 0 Å². The maximum Gasteiger partial charge on any atom is 0.162 e. The summed E-state index contributed by atoms with van der Waals surface area (Å²) in [7, 11) is 0. The quantitative estimate of drug-likeness (QED) is 0.268. The molecule has 0 saturated carbocycles. The van der Waals surface area contributed by atoms with Gasteiger partial charge in [-0.15, -0.1) is 0 Å². The van der Waals surface area contributed by atoms with Crippen LogP contribution in [0.15, 0.2) is 104 Å². The van der Waals surface area contributed by atoms with Crippen LogP contribution in [0.1, 0.15) is 0 Å². The molecule has 3 heteroatoms. The molecule has 6 aromatic carbocycles. The van der Waals surface area contributed by atoms with Crippen LogP contribution in [0.3, 0.4) is 0 Å². The SMILES string of the molecule is c1ccc2c(c1)c1ccccc1c1c3cc(-c4ncncn4)ccc3c3ccccc3c21. The molecule has 148 valence electrons. The molecule has 0 fully saturated rings. The van der Waals surface area contributed by atoms with Crippen LogP contribution in [0.5, 0.6) is 0 Å². The molecule has 0 aliphatic rings. The zero-order valence-corrected chi connectivity index (χ0v) is 17.2. The van der Waals surface area contributed by atoms with Gasteiger partial charge in [-0.25, -0.2) is 15.0 Å². The number of fused-ring (bicyclic) bond motifs is 11. The van der Waals surface area contributed by atoms with Crippen molar-refractivity contribution >= 4 is 53.9 Å². The van der Waals surface area contributed by atoms with Crippen LogP contribution in [0.25, 0.3) is 65.3 Å². The minimum absolute atomic E-state index is 0.688. The molecule has 0 aliphatic heterocycles. The van der Waals surface area contributed by atoms with Crippen LogP contribution in [-0.2, 0) is 0 Å². The summed E-state index contributed by atoms with van der Waals surface area (Å²) >= 11 is 0. The molecular formula is C29H17N3. The fourth-order valence-corrected chi connectivity index (χ4v) is 5.15. The third-order valence-corrected chi connectivity index (χ3v) is 6.46. The van der Waals surface area contributed by atoms with E-state index in [4.69, 9.17) is 0 Å². The first-order chi connectivity index (χ1) is 15.9. The van der Waals surface area contributed by atoms with Gasteiger partial charge in [0.1, 0.15) is 12.7 Å². The molecule has 0 radical (unpaired) electrons. The fourth-order valence-electron chi connectivity index (χ4n) is 5.15. The van der Waals surface area contributed by atoms with Crippen LogP contribution in [0, 0.1) is 0 Å². The molecular weight excluding hydrogens is 390 g/mol. The first kappa shape index (κ1) is 17.3. The monoisotopic (exact) mass is 407 g/mol. The van der Waals surface area contributed by atoms with E-state index in [0.717, 1.165) is 5.56 Å². The molecule has 0 amide bonds. The largest absolute Gasteiger partial charge is 0.225 e. The lowest BCUT2D eigenvalue weighted by molar-refractivity contribution is 1.06. The molecule has 1 heterocycles. The Bertz CT molecular complexity index is 1810. The molecule has 0 bridgehead atoms. The summed E-state index contributed by atoms with van der Waals surface area (Å²) in [5.41, 5.74) is 0.994. The second kappa shape index (κ2) is 6.56.